The first-order chi connectivity index (χ1) is 15.7. The van der Waals surface area contributed by atoms with Crippen molar-refractivity contribution < 1.29 is 0 Å². The first-order valence-electron chi connectivity index (χ1n) is 10.8. The molecule has 0 spiro atoms. The molecule has 0 saturated carbocycles. The van der Waals surface area contributed by atoms with Crippen molar-refractivity contribution in [3.63, 3.8) is 0 Å². The third-order valence-electron chi connectivity index (χ3n) is 6.38. The van der Waals surface area contributed by atoms with E-state index in [1.807, 2.05) is 43.5 Å². The number of rotatable bonds is 2. The fourth-order valence-electron chi connectivity index (χ4n) is 4.84. The number of aromatic nitrogens is 8. The van der Waals surface area contributed by atoms with Gasteiger partial charge in [0.1, 0.15) is 23.4 Å². The van der Waals surface area contributed by atoms with Gasteiger partial charge >= 0.3 is 0 Å². The third kappa shape index (κ3) is 2.59. The Morgan fingerprint density at radius 2 is 1.97 bits per heavy atom. The molecule has 9 nitrogen and oxygen atoms in total. The fraction of sp³-hybridized carbons (Fsp3) is 0.304. The molecular formula is C23H21N9. The van der Waals surface area contributed by atoms with E-state index in [4.69, 9.17) is 4.98 Å². The normalized spacial score (nSPS) is 18.5. The lowest BCUT2D eigenvalue weighted by Crippen LogP contribution is -2.47. The number of fused-ring (bicyclic) bond motifs is 6. The Balaban J connectivity index is 1.48. The predicted molar refractivity (Wildman–Crippen MR) is 118 cm³/mol. The standard InChI is InChI=1S/C23H21N9/c1-3-23-12-7-13-30(23)20-18(31-16(2)28-29-21(23)31)14-24-22(27-20)32-19(25-15-26-32)11-10-17-8-5-4-6-9-17/h4-6,8-9,14-15H,3,7,12-13H2,1-2H3/t23-/m0/s1. The highest BCUT2D eigenvalue weighted by Crippen LogP contribution is 2.49. The quantitative estimate of drug-likeness (QED) is 0.458. The molecule has 6 rings (SSSR count). The maximum absolute atomic E-state index is 4.96. The minimum atomic E-state index is -0.196. The van der Waals surface area contributed by atoms with Gasteiger partial charge in [-0.1, -0.05) is 31.0 Å². The number of nitrogens with zero attached hydrogens (tertiary/aromatic N) is 9. The van der Waals surface area contributed by atoms with E-state index in [0.29, 0.717) is 11.8 Å². The van der Waals surface area contributed by atoms with Crippen LogP contribution in [0.15, 0.2) is 42.9 Å². The summed E-state index contributed by atoms with van der Waals surface area (Å²) in [5.41, 5.74) is 1.61. The van der Waals surface area contributed by atoms with Crippen LogP contribution in [0.5, 0.6) is 0 Å². The van der Waals surface area contributed by atoms with Crippen molar-refractivity contribution in [1.82, 2.24) is 39.5 Å². The summed E-state index contributed by atoms with van der Waals surface area (Å²) in [6.45, 7) is 5.09. The molecule has 158 valence electrons. The van der Waals surface area contributed by atoms with Crippen LogP contribution in [-0.2, 0) is 5.54 Å². The highest BCUT2D eigenvalue weighted by molar-refractivity contribution is 5.65. The molecule has 1 aromatic carbocycles. The van der Waals surface area contributed by atoms with E-state index in [-0.39, 0.29) is 5.54 Å². The molecule has 2 aliphatic heterocycles. The summed E-state index contributed by atoms with van der Waals surface area (Å²) in [6.07, 6.45) is 6.34. The lowest BCUT2D eigenvalue weighted by molar-refractivity contribution is 0.381. The zero-order valence-electron chi connectivity index (χ0n) is 17.9. The zero-order chi connectivity index (χ0) is 21.7. The zero-order valence-corrected chi connectivity index (χ0v) is 17.9. The molecule has 0 bridgehead atoms. The van der Waals surface area contributed by atoms with Crippen molar-refractivity contribution in [2.75, 3.05) is 11.4 Å². The van der Waals surface area contributed by atoms with E-state index in [1.54, 1.807) is 4.68 Å². The molecule has 0 radical (unpaired) electrons. The van der Waals surface area contributed by atoms with Gasteiger partial charge in [-0.3, -0.25) is 4.57 Å². The van der Waals surface area contributed by atoms with Crippen LogP contribution in [0.1, 0.15) is 49.2 Å². The lowest BCUT2D eigenvalue weighted by atomic mass is 9.90. The van der Waals surface area contributed by atoms with Crippen LogP contribution in [0.3, 0.4) is 0 Å². The van der Waals surface area contributed by atoms with Gasteiger partial charge in [-0.25, -0.2) is 9.97 Å². The summed E-state index contributed by atoms with van der Waals surface area (Å²) in [5.74, 6) is 9.86. The van der Waals surface area contributed by atoms with Crippen LogP contribution < -0.4 is 4.90 Å². The molecule has 5 heterocycles. The number of benzene rings is 1. The SMILES string of the molecule is CC[C@@]12CCCN1c1nc(-n3ncnc3C#Cc3ccccc3)ncc1-n1c(C)nnc12. The fourth-order valence-corrected chi connectivity index (χ4v) is 4.84. The van der Waals surface area contributed by atoms with Crippen molar-refractivity contribution in [3.05, 3.63) is 65.9 Å². The second-order valence-corrected chi connectivity index (χ2v) is 8.04. The summed E-state index contributed by atoms with van der Waals surface area (Å²) in [5, 5.41) is 13.3. The van der Waals surface area contributed by atoms with E-state index < -0.39 is 0 Å². The van der Waals surface area contributed by atoms with Crippen molar-refractivity contribution in [3.8, 4) is 23.5 Å². The van der Waals surface area contributed by atoms with Gasteiger partial charge in [-0.15, -0.1) is 10.2 Å². The van der Waals surface area contributed by atoms with Crippen molar-refractivity contribution in [2.45, 2.75) is 38.6 Å². The Hall–Kier alpha value is -4.06. The average molecular weight is 423 g/mol. The number of aryl methyl sites for hydroxylation is 1. The van der Waals surface area contributed by atoms with E-state index >= 15 is 0 Å². The Morgan fingerprint density at radius 3 is 2.81 bits per heavy atom. The number of hydrogen-bond donors (Lipinski definition) is 0. The maximum Gasteiger partial charge on any atom is 0.255 e. The van der Waals surface area contributed by atoms with Crippen LogP contribution in [0.25, 0.3) is 11.6 Å². The largest absolute Gasteiger partial charge is 0.342 e. The average Bonchev–Trinajstić information content (AvgIpc) is 3.57. The van der Waals surface area contributed by atoms with E-state index in [2.05, 4.69) is 53.5 Å². The molecule has 0 amide bonds. The lowest BCUT2D eigenvalue weighted by Gasteiger charge is -2.42. The first-order valence-corrected chi connectivity index (χ1v) is 10.8. The van der Waals surface area contributed by atoms with Crippen LogP contribution in [0.4, 0.5) is 5.82 Å². The van der Waals surface area contributed by atoms with Crippen molar-refractivity contribution in [1.29, 1.82) is 0 Å². The molecule has 1 saturated heterocycles. The Bertz CT molecular complexity index is 1380. The smallest absolute Gasteiger partial charge is 0.255 e. The molecule has 1 atom stereocenters. The van der Waals surface area contributed by atoms with Crippen molar-refractivity contribution >= 4 is 5.82 Å². The number of anilines is 1. The van der Waals surface area contributed by atoms with Gasteiger partial charge < -0.3 is 4.90 Å². The van der Waals surface area contributed by atoms with Gasteiger partial charge in [0.15, 0.2) is 11.6 Å². The Morgan fingerprint density at radius 1 is 1.09 bits per heavy atom. The maximum atomic E-state index is 4.96. The summed E-state index contributed by atoms with van der Waals surface area (Å²) >= 11 is 0. The summed E-state index contributed by atoms with van der Waals surface area (Å²) in [6, 6.07) is 9.79. The molecule has 4 aromatic rings. The molecule has 2 aliphatic rings. The van der Waals surface area contributed by atoms with Crippen LogP contribution in [-0.4, -0.2) is 46.0 Å². The molecule has 32 heavy (non-hydrogen) atoms. The van der Waals surface area contributed by atoms with Crippen LogP contribution >= 0.6 is 0 Å². The van der Waals surface area contributed by atoms with Gasteiger partial charge in [0.2, 0.25) is 5.82 Å². The molecule has 0 aliphatic carbocycles. The van der Waals surface area contributed by atoms with E-state index in [0.717, 1.165) is 54.5 Å². The first kappa shape index (κ1) is 18.7. The predicted octanol–water partition coefficient (Wildman–Crippen LogP) is 2.57. The monoisotopic (exact) mass is 423 g/mol. The van der Waals surface area contributed by atoms with Gasteiger partial charge in [-0.05, 0) is 44.2 Å². The molecular weight excluding hydrogens is 402 g/mol. The minimum absolute atomic E-state index is 0.196. The third-order valence-corrected chi connectivity index (χ3v) is 6.38. The van der Waals surface area contributed by atoms with Gasteiger partial charge in [0.25, 0.3) is 5.95 Å². The summed E-state index contributed by atoms with van der Waals surface area (Å²) in [7, 11) is 0. The molecule has 1 fully saturated rings. The second kappa shape index (κ2) is 6.99. The summed E-state index contributed by atoms with van der Waals surface area (Å²) in [4.78, 5) is 16.3. The van der Waals surface area contributed by atoms with Gasteiger partial charge in [0, 0.05) is 12.1 Å². The second-order valence-electron chi connectivity index (χ2n) is 8.04. The van der Waals surface area contributed by atoms with E-state index in [9.17, 15) is 0 Å². The van der Waals surface area contributed by atoms with Gasteiger partial charge in [0.05, 0.1) is 6.20 Å². The number of hydrogen-bond acceptors (Lipinski definition) is 7. The highest BCUT2D eigenvalue weighted by Gasteiger charge is 2.50. The van der Waals surface area contributed by atoms with E-state index in [1.165, 1.54) is 6.33 Å². The topological polar surface area (TPSA) is 90.4 Å². The van der Waals surface area contributed by atoms with Crippen molar-refractivity contribution in [2.24, 2.45) is 0 Å². The molecule has 0 N–H and O–H groups in total. The van der Waals surface area contributed by atoms with Crippen LogP contribution in [0, 0.1) is 18.8 Å². The molecule has 3 aromatic heterocycles. The Labute approximate surface area is 185 Å². The molecule has 0 unspecified atom stereocenters. The van der Waals surface area contributed by atoms with Gasteiger partial charge in [-0.2, -0.15) is 14.8 Å². The summed E-state index contributed by atoms with van der Waals surface area (Å²) < 4.78 is 3.69. The Kier molecular flexibility index (Phi) is 4.08. The minimum Gasteiger partial charge on any atom is -0.342 e. The van der Waals surface area contributed by atoms with Crippen LogP contribution in [0.2, 0.25) is 0 Å². The molecule has 9 heteroatoms. The highest BCUT2D eigenvalue weighted by atomic mass is 15.4.